The Labute approximate surface area is 146 Å². The Morgan fingerprint density at radius 2 is 1.76 bits per heavy atom. The average Bonchev–Trinajstić information content (AvgIpc) is 3.08. The molecule has 0 bridgehead atoms. The molecule has 0 saturated carbocycles. The third kappa shape index (κ3) is 2.78. The molecule has 0 atom stereocenters. The number of hydrogen-bond acceptors (Lipinski definition) is 5. The lowest BCUT2D eigenvalue weighted by Crippen LogP contribution is -2.47. The summed E-state index contributed by atoms with van der Waals surface area (Å²) in [5, 5.41) is 11.0. The van der Waals surface area contributed by atoms with Crippen molar-refractivity contribution in [3.05, 3.63) is 65.5 Å². The molecule has 0 unspecified atom stereocenters. The second-order valence-electron chi connectivity index (χ2n) is 6.42. The Bertz CT molecular complexity index is 918. The van der Waals surface area contributed by atoms with Crippen molar-refractivity contribution < 1.29 is 13.5 Å². The molecule has 4 rings (SSSR count). The first kappa shape index (κ1) is 16.4. The zero-order valence-corrected chi connectivity index (χ0v) is 14.5. The molecule has 3 heterocycles. The Kier molecular flexibility index (Phi) is 3.94. The molecule has 1 aromatic carbocycles. The maximum absolute atomic E-state index is 13.0. The summed E-state index contributed by atoms with van der Waals surface area (Å²) in [5.74, 6) is 0. The SMILES string of the molecule is O=S(=O)(C1=NCc2ncccc21)N1CCC(O)(c2ccccc2)CC1. The molecule has 2 aliphatic heterocycles. The van der Waals surface area contributed by atoms with Crippen LogP contribution in [0.3, 0.4) is 0 Å². The zero-order chi connectivity index (χ0) is 17.5. The van der Waals surface area contributed by atoms with Crippen molar-refractivity contribution in [2.45, 2.75) is 25.0 Å². The molecule has 25 heavy (non-hydrogen) atoms. The number of benzene rings is 1. The summed E-state index contributed by atoms with van der Waals surface area (Å²) in [4.78, 5) is 8.40. The van der Waals surface area contributed by atoms with E-state index < -0.39 is 15.6 Å². The van der Waals surface area contributed by atoms with Crippen molar-refractivity contribution in [2.75, 3.05) is 13.1 Å². The lowest BCUT2D eigenvalue weighted by Gasteiger charge is -2.37. The number of aromatic nitrogens is 1. The van der Waals surface area contributed by atoms with E-state index >= 15 is 0 Å². The number of sulfonamides is 1. The van der Waals surface area contributed by atoms with Gasteiger partial charge in [0.1, 0.15) is 0 Å². The van der Waals surface area contributed by atoms with Crippen LogP contribution in [-0.4, -0.2) is 40.9 Å². The molecule has 1 aromatic heterocycles. The fraction of sp³-hybridized carbons (Fsp3) is 0.333. The van der Waals surface area contributed by atoms with Crippen molar-refractivity contribution in [1.29, 1.82) is 0 Å². The highest BCUT2D eigenvalue weighted by Crippen LogP contribution is 2.34. The van der Waals surface area contributed by atoms with Gasteiger partial charge in [-0.2, -0.15) is 4.31 Å². The summed E-state index contributed by atoms with van der Waals surface area (Å²) in [7, 11) is -3.68. The molecule has 6 nitrogen and oxygen atoms in total. The van der Waals surface area contributed by atoms with Gasteiger partial charge >= 0.3 is 0 Å². The molecule has 0 radical (unpaired) electrons. The molecular weight excluding hydrogens is 338 g/mol. The number of piperidine rings is 1. The maximum Gasteiger partial charge on any atom is 0.260 e. The van der Waals surface area contributed by atoms with Crippen LogP contribution in [0.5, 0.6) is 0 Å². The lowest BCUT2D eigenvalue weighted by atomic mass is 9.85. The van der Waals surface area contributed by atoms with Crippen molar-refractivity contribution in [3.8, 4) is 0 Å². The van der Waals surface area contributed by atoms with Gasteiger partial charge in [-0.05, 0) is 30.5 Å². The zero-order valence-electron chi connectivity index (χ0n) is 13.7. The van der Waals surface area contributed by atoms with Gasteiger partial charge in [-0.25, -0.2) is 8.42 Å². The van der Waals surface area contributed by atoms with Crippen molar-refractivity contribution in [3.63, 3.8) is 0 Å². The van der Waals surface area contributed by atoms with Crippen molar-refractivity contribution in [1.82, 2.24) is 9.29 Å². The third-order valence-corrected chi connectivity index (χ3v) is 6.82. The monoisotopic (exact) mass is 357 g/mol. The van der Waals surface area contributed by atoms with Gasteiger partial charge in [-0.1, -0.05) is 30.3 Å². The summed E-state index contributed by atoms with van der Waals surface area (Å²) >= 11 is 0. The molecule has 7 heteroatoms. The summed E-state index contributed by atoms with van der Waals surface area (Å²) < 4.78 is 27.4. The summed E-state index contributed by atoms with van der Waals surface area (Å²) in [6, 6.07) is 12.9. The van der Waals surface area contributed by atoms with Crippen LogP contribution in [0.25, 0.3) is 0 Å². The number of aliphatic hydroxyl groups is 1. The highest BCUT2D eigenvalue weighted by Gasteiger charge is 2.40. The van der Waals surface area contributed by atoms with Crippen LogP contribution < -0.4 is 0 Å². The minimum Gasteiger partial charge on any atom is -0.385 e. The van der Waals surface area contributed by atoms with Gasteiger partial charge in [-0.3, -0.25) is 9.98 Å². The van der Waals surface area contributed by atoms with Gasteiger partial charge < -0.3 is 5.11 Å². The van der Waals surface area contributed by atoms with Gasteiger partial charge in [0.25, 0.3) is 10.0 Å². The predicted octanol–water partition coefficient (Wildman–Crippen LogP) is 1.66. The fourth-order valence-electron chi connectivity index (χ4n) is 3.47. The number of aliphatic imine (C=N–C) groups is 1. The van der Waals surface area contributed by atoms with E-state index in [0.717, 1.165) is 5.56 Å². The second kappa shape index (κ2) is 6.01. The van der Waals surface area contributed by atoms with Gasteiger partial charge in [0.2, 0.25) is 0 Å². The van der Waals surface area contributed by atoms with Crippen LogP contribution in [0.1, 0.15) is 29.7 Å². The van der Waals surface area contributed by atoms with E-state index in [9.17, 15) is 13.5 Å². The molecular formula is C18H19N3O3S. The molecule has 1 N–H and O–H groups in total. The molecule has 130 valence electrons. The summed E-state index contributed by atoms with van der Waals surface area (Å²) in [6.07, 6.45) is 2.37. The topological polar surface area (TPSA) is 82.9 Å². The Hall–Kier alpha value is -2.09. The molecule has 2 aliphatic rings. The van der Waals surface area contributed by atoms with Crippen molar-refractivity contribution >= 4 is 15.1 Å². The van der Waals surface area contributed by atoms with Gasteiger partial charge in [0.15, 0.2) is 5.04 Å². The lowest BCUT2D eigenvalue weighted by molar-refractivity contribution is -0.00931. The van der Waals surface area contributed by atoms with E-state index in [1.54, 1.807) is 18.3 Å². The predicted molar refractivity (Wildman–Crippen MR) is 94.5 cm³/mol. The Morgan fingerprint density at radius 3 is 2.48 bits per heavy atom. The minimum absolute atomic E-state index is 0.0979. The molecule has 0 aliphatic carbocycles. The van der Waals surface area contributed by atoms with Gasteiger partial charge in [-0.15, -0.1) is 0 Å². The Balaban J connectivity index is 1.55. The molecule has 1 fully saturated rings. The van der Waals surface area contributed by atoms with Gasteiger partial charge in [0, 0.05) is 24.8 Å². The quantitative estimate of drug-likeness (QED) is 0.886. The highest BCUT2D eigenvalue weighted by molar-refractivity contribution is 8.05. The van der Waals surface area contributed by atoms with Crippen molar-refractivity contribution in [2.24, 2.45) is 4.99 Å². The average molecular weight is 357 g/mol. The van der Waals surface area contributed by atoms with Crippen LogP contribution in [0.15, 0.2) is 53.7 Å². The van der Waals surface area contributed by atoms with Crippen LogP contribution in [0, 0.1) is 0 Å². The maximum atomic E-state index is 13.0. The standard InChI is InChI=1S/C18H19N3O3S/c22-18(14-5-2-1-3-6-14)8-11-21(12-9-18)25(23,24)17-15-7-4-10-19-16(15)13-20-17/h1-7,10,22H,8-9,11-13H2. The number of fused-ring (bicyclic) bond motifs is 1. The smallest absolute Gasteiger partial charge is 0.260 e. The fourth-order valence-corrected chi connectivity index (χ4v) is 5.07. The number of nitrogens with zero attached hydrogens (tertiary/aromatic N) is 3. The first-order chi connectivity index (χ1) is 12.0. The van der Waals surface area contributed by atoms with E-state index in [1.807, 2.05) is 30.3 Å². The molecule has 1 saturated heterocycles. The van der Waals surface area contributed by atoms with E-state index in [4.69, 9.17) is 0 Å². The molecule has 0 amide bonds. The van der Waals surface area contributed by atoms with Crippen LogP contribution in [0.2, 0.25) is 0 Å². The van der Waals surface area contributed by atoms with Gasteiger partial charge in [0.05, 0.1) is 17.8 Å². The number of hydrogen-bond donors (Lipinski definition) is 1. The Morgan fingerprint density at radius 1 is 1.04 bits per heavy atom. The second-order valence-corrected chi connectivity index (χ2v) is 8.27. The van der Waals surface area contributed by atoms with E-state index in [-0.39, 0.29) is 18.1 Å². The first-order valence-corrected chi connectivity index (χ1v) is 9.71. The third-order valence-electron chi connectivity index (χ3n) is 4.94. The van der Waals surface area contributed by atoms with Crippen LogP contribution in [0.4, 0.5) is 0 Å². The van der Waals surface area contributed by atoms with E-state index in [2.05, 4.69) is 9.98 Å². The van der Waals surface area contributed by atoms with Crippen LogP contribution in [-0.2, 0) is 22.2 Å². The number of rotatable bonds is 2. The highest BCUT2D eigenvalue weighted by atomic mass is 32.2. The molecule has 2 aromatic rings. The van der Waals surface area contributed by atoms with Crippen LogP contribution >= 0.6 is 0 Å². The molecule has 0 spiro atoms. The van der Waals surface area contributed by atoms with E-state index in [0.29, 0.717) is 30.6 Å². The minimum atomic E-state index is -3.68. The summed E-state index contributed by atoms with van der Waals surface area (Å²) in [5.41, 5.74) is 1.13. The first-order valence-electron chi connectivity index (χ1n) is 8.27. The number of pyridine rings is 1. The normalized spacial score (nSPS) is 20.1. The summed E-state index contributed by atoms with van der Waals surface area (Å²) in [6.45, 7) is 0.831. The largest absolute Gasteiger partial charge is 0.385 e. The van der Waals surface area contributed by atoms with E-state index in [1.165, 1.54) is 4.31 Å².